The van der Waals surface area contributed by atoms with Crippen molar-refractivity contribution in [3.63, 3.8) is 0 Å². The number of carboxylic acids is 1. The molecule has 0 aromatic heterocycles. The monoisotopic (exact) mass is 514 g/mol. The number of hydrogen-bond acceptors (Lipinski definition) is 4. The van der Waals surface area contributed by atoms with Crippen molar-refractivity contribution in [3.8, 4) is 22.3 Å². The first-order valence-corrected chi connectivity index (χ1v) is 13.1. The Morgan fingerprint density at radius 3 is 2.14 bits per heavy atom. The van der Waals surface area contributed by atoms with E-state index in [0.29, 0.717) is 16.7 Å². The van der Waals surface area contributed by atoms with Gasteiger partial charge < -0.3 is 9.84 Å². The van der Waals surface area contributed by atoms with Crippen LogP contribution in [0.4, 0.5) is 8.78 Å². The zero-order valence-corrected chi connectivity index (χ0v) is 21.8. The van der Waals surface area contributed by atoms with Crippen LogP contribution in [0.2, 0.25) is 0 Å². The molecule has 4 rings (SSSR count). The van der Waals surface area contributed by atoms with E-state index in [9.17, 15) is 22.7 Å². The molecule has 0 fully saturated rings. The molecular formula is C28H28F2O5S. The van der Waals surface area contributed by atoms with Gasteiger partial charge in [0.15, 0.2) is 15.9 Å². The summed E-state index contributed by atoms with van der Waals surface area (Å²) >= 11 is 0. The molecule has 8 heteroatoms. The van der Waals surface area contributed by atoms with Gasteiger partial charge in [-0.05, 0) is 75.4 Å². The van der Waals surface area contributed by atoms with Crippen molar-refractivity contribution in [2.45, 2.75) is 63.9 Å². The molecule has 1 N–H and O–H groups in total. The zero-order valence-electron chi connectivity index (χ0n) is 21.0. The number of fused-ring (bicyclic) bond motifs is 3. The maximum absolute atomic E-state index is 15.2. The highest BCUT2D eigenvalue weighted by atomic mass is 32.2. The van der Waals surface area contributed by atoms with E-state index in [4.69, 9.17) is 4.74 Å². The fraction of sp³-hybridized carbons (Fsp3) is 0.321. The maximum atomic E-state index is 15.2. The van der Waals surface area contributed by atoms with Gasteiger partial charge in [-0.3, -0.25) is 0 Å². The van der Waals surface area contributed by atoms with E-state index in [0.717, 1.165) is 17.7 Å². The van der Waals surface area contributed by atoms with Crippen molar-refractivity contribution >= 4 is 15.8 Å². The Kier molecular flexibility index (Phi) is 6.34. The van der Waals surface area contributed by atoms with Gasteiger partial charge in [-0.25, -0.2) is 22.0 Å². The molecule has 36 heavy (non-hydrogen) atoms. The van der Waals surface area contributed by atoms with Crippen LogP contribution in [0, 0.1) is 32.4 Å². The summed E-state index contributed by atoms with van der Waals surface area (Å²) in [6, 6.07) is 9.10. The molecule has 1 aliphatic rings. The SMILES string of the molecule is Cc1ccc(-c2c(C)c3c(c(C)c2[C@H](OC(C)(C)C)C(=O)O)S(=O)(=O)Cc2cc(F)cc(F)c2-3)cc1. The molecule has 0 spiro atoms. The average molecular weight is 515 g/mol. The summed E-state index contributed by atoms with van der Waals surface area (Å²) in [7, 11) is -4.06. The van der Waals surface area contributed by atoms with E-state index < -0.39 is 44.9 Å². The minimum Gasteiger partial charge on any atom is -0.479 e. The van der Waals surface area contributed by atoms with Crippen LogP contribution in [0.15, 0.2) is 41.3 Å². The van der Waals surface area contributed by atoms with E-state index in [2.05, 4.69) is 0 Å². The number of ether oxygens (including phenoxy) is 1. The number of rotatable bonds is 4. The number of sulfone groups is 1. The van der Waals surface area contributed by atoms with Crippen molar-refractivity contribution < 1.29 is 31.8 Å². The van der Waals surface area contributed by atoms with Crippen LogP contribution >= 0.6 is 0 Å². The highest BCUT2D eigenvalue weighted by molar-refractivity contribution is 7.91. The van der Waals surface area contributed by atoms with Gasteiger partial charge >= 0.3 is 5.97 Å². The lowest BCUT2D eigenvalue weighted by atomic mass is 9.82. The third-order valence-corrected chi connectivity index (χ3v) is 8.16. The van der Waals surface area contributed by atoms with Crippen LogP contribution < -0.4 is 0 Å². The smallest absolute Gasteiger partial charge is 0.337 e. The van der Waals surface area contributed by atoms with Crippen LogP contribution in [-0.4, -0.2) is 25.1 Å². The largest absolute Gasteiger partial charge is 0.479 e. The molecular weight excluding hydrogens is 486 g/mol. The molecule has 3 aromatic rings. The van der Waals surface area contributed by atoms with Gasteiger partial charge in [0.1, 0.15) is 11.6 Å². The number of benzene rings is 3. The summed E-state index contributed by atoms with van der Waals surface area (Å²) in [5, 5.41) is 10.2. The fourth-order valence-electron chi connectivity index (χ4n) is 4.99. The molecule has 0 radical (unpaired) electrons. The predicted octanol–water partition coefficient (Wildman–Crippen LogP) is 6.45. The standard InChI is InChI=1S/C28H28F2O5S/c1-14-7-9-17(10-8-14)21-15(2)23-24-18(11-19(29)12-20(24)30)13-36(33,34)26(23)16(3)22(21)25(27(31)32)35-28(4,5)6/h7-12,25H,13H2,1-6H3,(H,31,32)/t25-/m0/s1. The van der Waals surface area contributed by atoms with E-state index in [1.165, 1.54) is 6.92 Å². The van der Waals surface area contributed by atoms with Crippen LogP contribution in [0.3, 0.4) is 0 Å². The Hall–Kier alpha value is -3.10. The number of carbonyl (C=O) groups is 1. The molecule has 190 valence electrons. The summed E-state index contributed by atoms with van der Waals surface area (Å²) < 4.78 is 62.3. The molecule has 1 heterocycles. The first kappa shape index (κ1) is 26.0. The molecule has 0 unspecified atom stereocenters. The van der Waals surface area contributed by atoms with Gasteiger partial charge in [0.2, 0.25) is 0 Å². The van der Waals surface area contributed by atoms with Gasteiger partial charge in [0.25, 0.3) is 0 Å². The van der Waals surface area contributed by atoms with Gasteiger partial charge in [-0.1, -0.05) is 29.8 Å². The van der Waals surface area contributed by atoms with Crippen LogP contribution in [-0.2, 0) is 25.1 Å². The summed E-state index contributed by atoms with van der Waals surface area (Å²) in [4.78, 5) is 12.4. The van der Waals surface area contributed by atoms with Gasteiger partial charge in [0.05, 0.1) is 16.2 Å². The van der Waals surface area contributed by atoms with Gasteiger partial charge in [-0.15, -0.1) is 0 Å². The van der Waals surface area contributed by atoms with E-state index in [1.807, 2.05) is 31.2 Å². The Morgan fingerprint density at radius 2 is 1.58 bits per heavy atom. The number of aliphatic carboxylic acids is 1. The highest BCUT2D eigenvalue weighted by Gasteiger charge is 2.40. The summed E-state index contributed by atoms with van der Waals surface area (Å²) in [6.45, 7) is 10.2. The van der Waals surface area contributed by atoms with Crippen molar-refractivity contribution in [1.82, 2.24) is 0 Å². The quantitative estimate of drug-likeness (QED) is 0.433. The second-order valence-corrected chi connectivity index (χ2v) is 12.2. The normalized spacial score (nSPS) is 15.2. The van der Waals surface area contributed by atoms with Crippen LogP contribution in [0.25, 0.3) is 22.3 Å². The minimum atomic E-state index is -4.06. The Balaban J connectivity index is 2.22. The molecule has 1 aliphatic heterocycles. The number of aryl methyl sites for hydroxylation is 1. The lowest BCUT2D eigenvalue weighted by Gasteiger charge is -2.32. The topological polar surface area (TPSA) is 80.7 Å². The Labute approximate surface area is 209 Å². The predicted molar refractivity (Wildman–Crippen MR) is 134 cm³/mol. The second kappa shape index (κ2) is 8.78. The number of carboxylic acid groups (broad SMARTS) is 1. The number of hydrogen-bond donors (Lipinski definition) is 1. The van der Waals surface area contributed by atoms with Crippen LogP contribution in [0.5, 0.6) is 0 Å². The first-order chi connectivity index (χ1) is 16.6. The summed E-state index contributed by atoms with van der Waals surface area (Å²) in [6.07, 6.45) is -1.49. The average Bonchev–Trinajstić information content (AvgIpc) is 2.73. The van der Waals surface area contributed by atoms with Gasteiger partial charge in [-0.2, -0.15) is 0 Å². The van der Waals surface area contributed by atoms with Crippen molar-refractivity contribution in [2.24, 2.45) is 0 Å². The van der Waals surface area contributed by atoms with Crippen molar-refractivity contribution in [3.05, 3.63) is 75.8 Å². The van der Waals surface area contributed by atoms with E-state index in [1.54, 1.807) is 27.7 Å². The third kappa shape index (κ3) is 4.44. The second-order valence-electron chi connectivity index (χ2n) is 10.2. The summed E-state index contributed by atoms with van der Waals surface area (Å²) in [5.41, 5.74) is 2.14. The van der Waals surface area contributed by atoms with Crippen molar-refractivity contribution in [1.29, 1.82) is 0 Å². The zero-order chi connectivity index (χ0) is 26.7. The lowest BCUT2D eigenvalue weighted by Crippen LogP contribution is -2.29. The van der Waals surface area contributed by atoms with Crippen molar-refractivity contribution in [2.75, 3.05) is 0 Å². The molecule has 0 bridgehead atoms. The molecule has 3 aromatic carbocycles. The maximum Gasteiger partial charge on any atom is 0.337 e. The van der Waals surface area contributed by atoms with E-state index >= 15 is 4.39 Å². The van der Waals surface area contributed by atoms with E-state index in [-0.39, 0.29) is 32.7 Å². The minimum absolute atomic E-state index is 0.0188. The van der Waals surface area contributed by atoms with Gasteiger partial charge in [0, 0.05) is 22.8 Å². The molecule has 0 aliphatic carbocycles. The fourth-order valence-corrected chi connectivity index (χ4v) is 6.91. The Bertz CT molecular complexity index is 1500. The molecule has 1 atom stereocenters. The first-order valence-electron chi connectivity index (χ1n) is 11.5. The molecule has 0 saturated heterocycles. The lowest BCUT2D eigenvalue weighted by molar-refractivity contribution is -0.160. The Morgan fingerprint density at radius 1 is 0.972 bits per heavy atom. The highest BCUT2D eigenvalue weighted by Crippen LogP contribution is 2.50. The molecule has 0 saturated carbocycles. The molecule has 0 amide bonds. The third-order valence-electron chi connectivity index (χ3n) is 6.33. The number of halogens is 2. The molecule has 5 nitrogen and oxygen atoms in total. The summed E-state index contributed by atoms with van der Waals surface area (Å²) in [5.74, 6) is -3.60. The van der Waals surface area contributed by atoms with Crippen LogP contribution in [0.1, 0.15) is 54.7 Å².